The molecule has 3 nitrogen and oxygen atoms in total. The molecular formula is C7H10O3. The lowest BCUT2D eigenvalue weighted by Crippen LogP contribution is -2.02. The summed E-state index contributed by atoms with van der Waals surface area (Å²) in [6, 6.07) is 0. The molecule has 0 heterocycles. The Kier molecular flexibility index (Phi) is 4.09. The summed E-state index contributed by atoms with van der Waals surface area (Å²) in [5.74, 6) is -1.24. The molecule has 0 spiro atoms. The van der Waals surface area contributed by atoms with Crippen molar-refractivity contribution in [3.63, 3.8) is 0 Å². The molecule has 0 amide bonds. The van der Waals surface area contributed by atoms with Gasteiger partial charge in [-0.05, 0) is 12.5 Å². The second kappa shape index (κ2) is 4.65. The van der Waals surface area contributed by atoms with Gasteiger partial charge in [0.25, 0.3) is 0 Å². The zero-order chi connectivity index (χ0) is 7.98. The minimum atomic E-state index is -0.760. The van der Waals surface area contributed by atoms with Crippen molar-refractivity contribution in [1.29, 1.82) is 0 Å². The molecule has 0 aliphatic rings. The Morgan fingerprint density at radius 3 is 2.80 bits per heavy atom. The molecule has 0 unspecified atom stereocenters. The van der Waals surface area contributed by atoms with Gasteiger partial charge in [0.2, 0.25) is 5.76 Å². The van der Waals surface area contributed by atoms with E-state index in [2.05, 4.69) is 10.5 Å². The number of carbonyl (C=O) groups is 1. The van der Waals surface area contributed by atoms with Gasteiger partial charge in [-0.1, -0.05) is 12.7 Å². The summed E-state index contributed by atoms with van der Waals surface area (Å²) in [4.78, 5) is 10.4. The largest absolute Gasteiger partial charge is 0.496 e. The van der Waals surface area contributed by atoms with Gasteiger partial charge in [-0.25, -0.2) is 4.79 Å². The molecular weight excluding hydrogens is 132 g/mol. The molecule has 0 radical (unpaired) electrons. The SMILES string of the molecule is CCC=C=C(O)C(=O)OC. The lowest BCUT2D eigenvalue weighted by Gasteiger charge is -1.91. The zero-order valence-electron chi connectivity index (χ0n) is 6.05. The smallest absolute Gasteiger partial charge is 0.381 e. The second-order valence-electron chi connectivity index (χ2n) is 1.60. The fourth-order valence-electron chi connectivity index (χ4n) is 0.354. The second-order valence-corrected chi connectivity index (χ2v) is 1.60. The number of aliphatic hydroxyl groups is 1. The van der Waals surface area contributed by atoms with Crippen molar-refractivity contribution >= 4 is 5.97 Å². The van der Waals surface area contributed by atoms with Crippen LogP contribution in [0.3, 0.4) is 0 Å². The third-order valence-corrected chi connectivity index (χ3v) is 0.822. The van der Waals surface area contributed by atoms with Crippen molar-refractivity contribution in [1.82, 2.24) is 0 Å². The predicted octanol–water partition coefficient (Wildman–Crippen LogP) is 1.17. The van der Waals surface area contributed by atoms with Gasteiger partial charge in [0.1, 0.15) is 0 Å². The Labute approximate surface area is 59.6 Å². The first kappa shape index (κ1) is 8.79. The van der Waals surface area contributed by atoms with Crippen LogP contribution in [0.15, 0.2) is 17.6 Å². The average Bonchev–Trinajstić information content (AvgIpc) is 1.98. The number of ether oxygens (including phenoxy) is 1. The highest BCUT2D eigenvalue weighted by Crippen LogP contribution is 1.88. The van der Waals surface area contributed by atoms with Gasteiger partial charge in [-0.2, -0.15) is 0 Å². The summed E-state index contributed by atoms with van der Waals surface area (Å²) < 4.78 is 4.20. The molecule has 0 saturated carbocycles. The first-order chi connectivity index (χ1) is 4.72. The number of hydrogen-bond acceptors (Lipinski definition) is 3. The molecule has 0 aromatic heterocycles. The average molecular weight is 142 g/mol. The third kappa shape index (κ3) is 2.95. The van der Waals surface area contributed by atoms with E-state index >= 15 is 0 Å². The number of rotatable bonds is 2. The summed E-state index contributed by atoms with van der Waals surface area (Å²) in [5, 5.41) is 8.75. The molecule has 0 atom stereocenters. The molecule has 0 aliphatic carbocycles. The van der Waals surface area contributed by atoms with Crippen LogP contribution >= 0.6 is 0 Å². The summed E-state index contributed by atoms with van der Waals surface area (Å²) in [6.45, 7) is 1.87. The third-order valence-electron chi connectivity index (χ3n) is 0.822. The van der Waals surface area contributed by atoms with Gasteiger partial charge in [0.15, 0.2) is 0 Å². The molecule has 0 saturated heterocycles. The maximum absolute atomic E-state index is 10.4. The topological polar surface area (TPSA) is 46.5 Å². The number of methoxy groups -OCH3 is 1. The van der Waals surface area contributed by atoms with E-state index < -0.39 is 11.7 Å². The van der Waals surface area contributed by atoms with E-state index in [-0.39, 0.29) is 0 Å². The minimum Gasteiger partial charge on any atom is -0.496 e. The maximum atomic E-state index is 10.4. The molecule has 1 N–H and O–H groups in total. The zero-order valence-corrected chi connectivity index (χ0v) is 6.05. The Morgan fingerprint density at radius 2 is 2.40 bits per heavy atom. The van der Waals surface area contributed by atoms with Gasteiger partial charge >= 0.3 is 5.97 Å². The van der Waals surface area contributed by atoms with E-state index in [0.717, 1.165) is 6.42 Å². The number of aliphatic hydroxyl groups excluding tert-OH is 1. The summed E-state index contributed by atoms with van der Waals surface area (Å²) in [6.07, 6.45) is 2.27. The molecule has 0 fully saturated rings. The van der Waals surface area contributed by atoms with E-state index in [1.54, 1.807) is 6.08 Å². The highest BCUT2D eigenvalue weighted by molar-refractivity contribution is 5.85. The Balaban J connectivity index is 4.19. The quantitative estimate of drug-likeness (QED) is 0.272. The Morgan fingerprint density at radius 1 is 1.80 bits per heavy atom. The first-order valence-corrected chi connectivity index (χ1v) is 2.94. The van der Waals surface area contributed by atoms with Crippen LogP contribution in [0.4, 0.5) is 0 Å². The van der Waals surface area contributed by atoms with E-state index in [1.165, 1.54) is 7.11 Å². The summed E-state index contributed by atoms with van der Waals surface area (Å²) >= 11 is 0. The molecule has 0 aromatic carbocycles. The molecule has 3 heteroatoms. The number of hydrogen-bond donors (Lipinski definition) is 1. The van der Waals surface area contributed by atoms with Crippen molar-refractivity contribution in [2.45, 2.75) is 13.3 Å². The molecule has 10 heavy (non-hydrogen) atoms. The lowest BCUT2D eigenvalue weighted by atomic mass is 10.4. The fraction of sp³-hybridized carbons (Fsp3) is 0.429. The normalized spacial score (nSPS) is 7.80. The highest BCUT2D eigenvalue weighted by atomic mass is 16.5. The minimum absolute atomic E-state index is 0.482. The van der Waals surface area contributed by atoms with Crippen LogP contribution in [0, 0.1) is 0 Å². The van der Waals surface area contributed by atoms with E-state index in [1.807, 2.05) is 6.92 Å². The van der Waals surface area contributed by atoms with E-state index in [9.17, 15) is 4.79 Å². The van der Waals surface area contributed by atoms with Crippen molar-refractivity contribution in [2.75, 3.05) is 7.11 Å². The van der Waals surface area contributed by atoms with E-state index in [4.69, 9.17) is 5.11 Å². The molecule has 0 bridgehead atoms. The Bertz CT molecular complexity index is 175. The van der Waals surface area contributed by atoms with Crippen molar-refractivity contribution in [2.24, 2.45) is 0 Å². The maximum Gasteiger partial charge on any atom is 0.381 e. The highest BCUT2D eigenvalue weighted by Gasteiger charge is 2.03. The number of carbonyl (C=O) groups excluding carboxylic acids is 1. The summed E-state index contributed by atoms with van der Waals surface area (Å²) in [7, 11) is 1.20. The Hall–Kier alpha value is -1.21. The predicted molar refractivity (Wildman–Crippen MR) is 36.5 cm³/mol. The summed E-state index contributed by atoms with van der Waals surface area (Å²) in [5.41, 5.74) is 2.36. The fourth-order valence-corrected chi connectivity index (χ4v) is 0.354. The molecule has 56 valence electrons. The standard InChI is InChI=1S/C7H10O3/c1-3-4-5-6(8)7(9)10-2/h4,8H,3H2,1-2H3. The van der Waals surface area contributed by atoms with Gasteiger partial charge in [-0.3, -0.25) is 0 Å². The van der Waals surface area contributed by atoms with Crippen molar-refractivity contribution < 1.29 is 14.6 Å². The van der Waals surface area contributed by atoms with Crippen molar-refractivity contribution in [3.05, 3.63) is 17.6 Å². The monoisotopic (exact) mass is 142 g/mol. The lowest BCUT2D eigenvalue weighted by molar-refractivity contribution is -0.139. The van der Waals surface area contributed by atoms with Gasteiger partial charge in [0, 0.05) is 0 Å². The van der Waals surface area contributed by atoms with Crippen LogP contribution < -0.4 is 0 Å². The van der Waals surface area contributed by atoms with E-state index in [0.29, 0.717) is 0 Å². The van der Waals surface area contributed by atoms with Crippen LogP contribution in [0.2, 0.25) is 0 Å². The molecule has 0 aliphatic heterocycles. The van der Waals surface area contributed by atoms with Gasteiger partial charge in [0.05, 0.1) is 7.11 Å². The molecule has 0 rings (SSSR count). The molecule has 0 aromatic rings. The van der Waals surface area contributed by atoms with Gasteiger partial charge in [-0.15, -0.1) is 0 Å². The van der Waals surface area contributed by atoms with Crippen molar-refractivity contribution in [3.8, 4) is 0 Å². The first-order valence-electron chi connectivity index (χ1n) is 2.94. The van der Waals surface area contributed by atoms with Crippen LogP contribution in [0.25, 0.3) is 0 Å². The number of esters is 1. The van der Waals surface area contributed by atoms with Crippen LogP contribution in [0.5, 0.6) is 0 Å². The van der Waals surface area contributed by atoms with Crippen LogP contribution in [-0.2, 0) is 9.53 Å². The van der Waals surface area contributed by atoms with Crippen LogP contribution in [0.1, 0.15) is 13.3 Å². The van der Waals surface area contributed by atoms with Crippen LogP contribution in [-0.4, -0.2) is 18.2 Å². The van der Waals surface area contributed by atoms with Gasteiger partial charge < -0.3 is 9.84 Å².